The molecule has 0 aliphatic heterocycles. The van der Waals surface area contributed by atoms with Gasteiger partial charge in [-0.05, 0) is 48.9 Å². The van der Waals surface area contributed by atoms with Crippen molar-refractivity contribution in [2.75, 3.05) is 12.4 Å². The molecule has 9 nitrogen and oxygen atoms in total. The summed E-state index contributed by atoms with van der Waals surface area (Å²) in [5.74, 6) is 0.945. The van der Waals surface area contributed by atoms with Crippen LogP contribution in [0.25, 0.3) is 0 Å². The molecule has 0 radical (unpaired) electrons. The topological polar surface area (TPSA) is 107 Å². The SMILES string of the molecule is C=CCn1c(COc2cccc(C)c2)nnc1SCC(=O)NNC(=O)COc1ccc(Cl)cc1. The first-order chi connectivity index (χ1) is 16.4. The lowest BCUT2D eigenvalue weighted by Crippen LogP contribution is -2.44. The van der Waals surface area contributed by atoms with Crippen LogP contribution in [0.2, 0.25) is 5.02 Å². The molecule has 34 heavy (non-hydrogen) atoms. The van der Waals surface area contributed by atoms with Gasteiger partial charge in [0.15, 0.2) is 17.6 Å². The molecule has 0 spiro atoms. The number of allylic oxidation sites excluding steroid dienone is 1. The number of halogens is 1. The Labute approximate surface area is 206 Å². The fraction of sp³-hybridized carbons (Fsp3) is 0.217. The van der Waals surface area contributed by atoms with Crippen LogP contribution in [-0.2, 0) is 22.7 Å². The molecule has 0 saturated heterocycles. The summed E-state index contributed by atoms with van der Waals surface area (Å²) in [4.78, 5) is 24.0. The summed E-state index contributed by atoms with van der Waals surface area (Å²) in [5, 5.41) is 9.43. The van der Waals surface area contributed by atoms with Crippen molar-refractivity contribution in [1.29, 1.82) is 0 Å². The standard InChI is InChI=1S/C23H24ClN5O4S/c1-3-11-29-20(13-32-19-6-4-5-16(2)12-19)25-28-23(29)34-15-22(31)27-26-21(30)14-33-18-9-7-17(24)8-10-18/h3-10,12H,1,11,13-15H2,2H3,(H,26,30)(H,27,31). The normalized spacial score (nSPS) is 10.4. The summed E-state index contributed by atoms with van der Waals surface area (Å²) in [6.07, 6.45) is 1.71. The minimum Gasteiger partial charge on any atom is -0.486 e. The van der Waals surface area contributed by atoms with Gasteiger partial charge in [-0.3, -0.25) is 25.0 Å². The Morgan fingerprint density at radius 1 is 1.09 bits per heavy atom. The van der Waals surface area contributed by atoms with Gasteiger partial charge in [0.25, 0.3) is 5.91 Å². The molecule has 3 rings (SSSR count). The number of benzene rings is 2. The average Bonchev–Trinajstić information content (AvgIpc) is 3.21. The number of amides is 2. The van der Waals surface area contributed by atoms with Crippen LogP contribution >= 0.6 is 23.4 Å². The van der Waals surface area contributed by atoms with Crippen LogP contribution in [0.3, 0.4) is 0 Å². The number of rotatable bonds is 11. The molecule has 0 aliphatic carbocycles. The first-order valence-corrected chi connectivity index (χ1v) is 11.6. The smallest absolute Gasteiger partial charge is 0.276 e. The summed E-state index contributed by atoms with van der Waals surface area (Å²) in [6, 6.07) is 14.3. The number of ether oxygens (including phenoxy) is 2. The van der Waals surface area contributed by atoms with Gasteiger partial charge in [-0.15, -0.1) is 16.8 Å². The zero-order valence-electron chi connectivity index (χ0n) is 18.5. The third-order valence-electron chi connectivity index (χ3n) is 4.32. The second-order valence-corrected chi connectivity index (χ2v) is 8.41. The quantitative estimate of drug-likeness (QED) is 0.236. The van der Waals surface area contributed by atoms with Crippen molar-refractivity contribution in [1.82, 2.24) is 25.6 Å². The number of carbonyl (C=O) groups is 2. The van der Waals surface area contributed by atoms with Crippen LogP contribution in [0.1, 0.15) is 11.4 Å². The Morgan fingerprint density at radius 2 is 1.85 bits per heavy atom. The lowest BCUT2D eigenvalue weighted by Gasteiger charge is -2.10. The van der Waals surface area contributed by atoms with E-state index in [1.165, 1.54) is 11.8 Å². The highest BCUT2D eigenvalue weighted by Gasteiger charge is 2.14. The highest BCUT2D eigenvalue weighted by molar-refractivity contribution is 7.99. The van der Waals surface area contributed by atoms with Crippen LogP contribution in [0.15, 0.2) is 66.3 Å². The van der Waals surface area contributed by atoms with Gasteiger partial charge >= 0.3 is 0 Å². The molecule has 0 fully saturated rings. The lowest BCUT2D eigenvalue weighted by atomic mass is 10.2. The number of nitrogens with zero attached hydrogens (tertiary/aromatic N) is 3. The molecule has 1 aromatic heterocycles. The Balaban J connectivity index is 1.45. The number of hydrazine groups is 1. The van der Waals surface area contributed by atoms with E-state index in [2.05, 4.69) is 27.6 Å². The Morgan fingerprint density at radius 3 is 2.59 bits per heavy atom. The van der Waals surface area contributed by atoms with Gasteiger partial charge in [-0.1, -0.05) is 41.6 Å². The van der Waals surface area contributed by atoms with Crippen LogP contribution in [0, 0.1) is 6.92 Å². The van der Waals surface area contributed by atoms with Crippen molar-refractivity contribution in [2.24, 2.45) is 0 Å². The van der Waals surface area contributed by atoms with E-state index in [-0.39, 0.29) is 19.0 Å². The van der Waals surface area contributed by atoms with Crippen LogP contribution in [-0.4, -0.2) is 38.9 Å². The molecule has 0 bridgehead atoms. The van der Waals surface area contributed by atoms with E-state index >= 15 is 0 Å². The van der Waals surface area contributed by atoms with E-state index < -0.39 is 11.8 Å². The van der Waals surface area contributed by atoms with Crippen molar-refractivity contribution >= 4 is 35.2 Å². The number of aromatic nitrogens is 3. The fourth-order valence-corrected chi connectivity index (χ4v) is 3.61. The first kappa shape index (κ1) is 25.1. The van der Waals surface area contributed by atoms with Gasteiger partial charge < -0.3 is 9.47 Å². The predicted molar refractivity (Wildman–Crippen MR) is 130 cm³/mol. The molecule has 11 heteroatoms. The minimum absolute atomic E-state index is 0.0202. The highest BCUT2D eigenvalue weighted by atomic mass is 35.5. The summed E-state index contributed by atoms with van der Waals surface area (Å²) in [5.41, 5.74) is 5.75. The maximum Gasteiger partial charge on any atom is 0.276 e. The Hall–Kier alpha value is -3.50. The van der Waals surface area contributed by atoms with Gasteiger partial charge in [-0.2, -0.15) is 0 Å². The van der Waals surface area contributed by atoms with Crippen molar-refractivity contribution in [3.63, 3.8) is 0 Å². The second kappa shape index (κ2) is 12.7. The van der Waals surface area contributed by atoms with Crippen LogP contribution < -0.4 is 20.3 Å². The largest absolute Gasteiger partial charge is 0.486 e. The monoisotopic (exact) mass is 501 g/mol. The third-order valence-corrected chi connectivity index (χ3v) is 5.54. The zero-order chi connectivity index (χ0) is 24.3. The van der Waals surface area contributed by atoms with Gasteiger partial charge in [0, 0.05) is 11.6 Å². The van der Waals surface area contributed by atoms with Gasteiger partial charge in [0.2, 0.25) is 5.91 Å². The van der Waals surface area contributed by atoms with Gasteiger partial charge in [0.1, 0.15) is 18.1 Å². The summed E-state index contributed by atoms with van der Waals surface area (Å²) in [7, 11) is 0. The average molecular weight is 502 g/mol. The van der Waals surface area contributed by atoms with E-state index in [9.17, 15) is 9.59 Å². The number of hydrogen-bond donors (Lipinski definition) is 2. The van der Waals surface area contributed by atoms with E-state index in [1.807, 2.05) is 35.8 Å². The molecule has 0 aliphatic rings. The minimum atomic E-state index is -0.501. The molecule has 1 heterocycles. The van der Waals surface area contributed by atoms with E-state index in [0.717, 1.165) is 11.3 Å². The zero-order valence-corrected chi connectivity index (χ0v) is 20.1. The second-order valence-electron chi connectivity index (χ2n) is 7.03. The van der Waals surface area contributed by atoms with Crippen molar-refractivity contribution < 1.29 is 19.1 Å². The maximum atomic E-state index is 12.1. The van der Waals surface area contributed by atoms with Gasteiger partial charge in [-0.25, -0.2) is 0 Å². The molecule has 178 valence electrons. The van der Waals surface area contributed by atoms with Crippen LogP contribution in [0.4, 0.5) is 0 Å². The molecule has 0 saturated carbocycles. The number of thioether (sulfide) groups is 1. The predicted octanol–water partition coefficient (Wildman–Crippen LogP) is 3.32. The molecule has 2 N–H and O–H groups in total. The van der Waals surface area contributed by atoms with Crippen molar-refractivity contribution in [3.8, 4) is 11.5 Å². The Kier molecular flexibility index (Phi) is 9.36. The number of nitrogens with one attached hydrogen (secondary N) is 2. The number of aryl methyl sites for hydroxylation is 1. The third kappa shape index (κ3) is 7.82. The fourth-order valence-electron chi connectivity index (χ4n) is 2.72. The molecule has 2 aromatic carbocycles. The van der Waals surface area contributed by atoms with E-state index in [0.29, 0.717) is 28.3 Å². The molecule has 0 unspecified atom stereocenters. The molecular weight excluding hydrogens is 478 g/mol. The van der Waals surface area contributed by atoms with Crippen molar-refractivity contribution in [3.05, 3.63) is 77.6 Å². The Bertz CT molecular complexity index is 1140. The van der Waals surface area contributed by atoms with Gasteiger partial charge in [0.05, 0.1) is 5.75 Å². The highest BCUT2D eigenvalue weighted by Crippen LogP contribution is 2.19. The number of carbonyl (C=O) groups excluding carboxylic acids is 2. The number of hydrogen-bond acceptors (Lipinski definition) is 7. The van der Waals surface area contributed by atoms with E-state index in [4.69, 9.17) is 21.1 Å². The lowest BCUT2D eigenvalue weighted by molar-refractivity contribution is -0.128. The molecule has 2 amide bonds. The van der Waals surface area contributed by atoms with E-state index in [1.54, 1.807) is 30.3 Å². The van der Waals surface area contributed by atoms with Crippen LogP contribution in [0.5, 0.6) is 11.5 Å². The molecule has 0 atom stereocenters. The molecule has 3 aromatic rings. The molecular formula is C23H24ClN5O4S. The first-order valence-electron chi connectivity index (χ1n) is 10.3. The van der Waals surface area contributed by atoms with Crippen molar-refractivity contribution in [2.45, 2.75) is 25.2 Å². The maximum absolute atomic E-state index is 12.1. The summed E-state index contributed by atoms with van der Waals surface area (Å²) >= 11 is 6.98. The summed E-state index contributed by atoms with van der Waals surface area (Å²) in [6.45, 7) is 6.18. The summed E-state index contributed by atoms with van der Waals surface area (Å²) < 4.78 is 13.0.